The van der Waals surface area contributed by atoms with Crippen LogP contribution >= 0.6 is 11.6 Å². The number of nitrogens with one attached hydrogen (secondary N) is 1. The van der Waals surface area contributed by atoms with E-state index in [0.717, 1.165) is 0 Å². The van der Waals surface area contributed by atoms with Gasteiger partial charge in [-0.05, 0) is 42.0 Å². The maximum Gasteiger partial charge on any atom is 0.223 e. The van der Waals surface area contributed by atoms with E-state index >= 15 is 0 Å². The number of carbonyl (C=O) groups excluding carboxylic acids is 1. The molecule has 0 aromatic heterocycles. The van der Waals surface area contributed by atoms with Crippen molar-refractivity contribution in [3.05, 3.63) is 64.7 Å². The van der Waals surface area contributed by atoms with Crippen LogP contribution in [0.4, 0.5) is 0 Å². The van der Waals surface area contributed by atoms with Crippen LogP contribution in [-0.4, -0.2) is 24.2 Å². The number of nitriles is 1. The average Bonchev–Trinajstić information content (AvgIpc) is 2.59. The molecule has 0 saturated carbocycles. The molecule has 124 valence electrons. The Labute approximate surface area is 145 Å². The molecular weight excluding hydrogens is 328 g/mol. The van der Waals surface area contributed by atoms with Crippen LogP contribution in [0.5, 0.6) is 5.75 Å². The van der Waals surface area contributed by atoms with Crippen LogP contribution in [0.1, 0.15) is 23.7 Å². The van der Waals surface area contributed by atoms with Gasteiger partial charge >= 0.3 is 0 Å². The summed E-state index contributed by atoms with van der Waals surface area (Å²) in [7, 11) is 0. The quantitative estimate of drug-likeness (QED) is 0.757. The third-order valence-corrected chi connectivity index (χ3v) is 3.56. The van der Waals surface area contributed by atoms with E-state index in [9.17, 15) is 9.90 Å². The van der Waals surface area contributed by atoms with E-state index in [1.54, 1.807) is 48.5 Å². The number of aliphatic hydroxyl groups excluding tert-OH is 1. The second kappa shape index (κ2) is 8.92. The summed E-state index contributed by atoms with van der Waals surface area (Å²) in [6, 6.07) is 15.5. The Morgan fingerprint density at radius 1 is 1.21 bits per heavy atom. The van der Waals surface area contributed by atoms with Gasteiger partial charge in [0.2, 0.25) is 5.91 Å². The molecular formula is C18H17ClN2O3. The lowest BCUT2D eigenvalue weighted by atomic mass is 10.1. The molecule has 5 nitrogen and oxygen atoms in total. The van der Waals surface area contributed by atoms with Crippen molar-refractivity contribution in [1.82, 2.24) is 5.32 Å². The standard InChI is InChI=1S/C18H17ClN2O3/c19-15-5-3-14(4-6-15)17(22)11-18(23)21-9-10-24-16-7-1-13(12-20)2-8-16/h1-8,17,22H,9-11H2,(H,21,23). The third kappa shape index (κ3) is 5.58. The lowest BCUT2D eigenvalue weighted by Crippen LogP contribution is -2.29. The Bertz CT molecular complexity index is 709. The minimum atomic E-state index is -0.873. The predicted molar refractivity (Wildman–Crippen MR) is 90.7 cm³/mol. The van der Waals surface area contributed by atoms with Crippen molar-refractivity contribution in [2.24, 2.45) is 0 Å². The Balaban J connectivity index is 1.69. The van der Waals surface area contributed by atoms with Crippen LogP contribution in [0.15, 0.2) is 48.5 Å². The van der Waals surface area contributed by atoms with Gasteiger partial charge in [-0.1, -0.05) is 23.7 Å². The largest absolute Gasteiger partial charge is 0.492 e. The molecule has 0 radical (unpaired) electrons. The maximum atomic E-state index is 11.8. The fourth-order valence-corrected chi connectivity index (χ4v) is 2.16. The number of nitrogens with zero attached hydrogens (tertiary/aromatic N) is 1. The Morgan fingerprint density at radius 3 is 2.50 bits per heavy atom. The van der Waals surface area contributed by atoms with Gasteiger partial charge in [0, 0.05) is 5.02 Å². The fourth-order valence-electron chi connectivity index (χ4n) is 2.04. The van der Waals surface area contributed by atoms with Crippen molar-refractivity contribution in [3.8, 4) is 11.8 Å². The normalized spacial score (nSPS) is 11.4. The smallest absolute Gasteiger partial charge is 0.223 e. The SMILES string of the molecule is N#Cc1ccc(OCCNC(=O)CC(O)c2ccc(Cl)cc2)cc1. The minimum absolute atomic E-state index is 0.0293. The molecule has 2 aromatic rings. The van der Waals surface area contributed by atoms with Crippen molar-refractivity contribution in [3.63, 3.8) is 0 Å². The molecule has 0 aliphatic rings. The highest BCUT2D eigenvalue weighted by molar-refractivity contribution is 6.30. The zero-order chi connectivity index (χ0) is 17.4. The molecule has 0 bridgehead atoms. The molecule has 0 fully saturated rings. The first-order valence-electron chi connectivity index (χ1n) is 7.41. The molecule has 1 amide bonds. The van der Waals surface area contributed by atoms with Crippen LogP contribution in [-0.2, 0) is 4.79 Å². The van der Waals surface area contributed by atoms with Crippen LogP contribution in [0.3, 0.4) is 0 Å². The number of ether oxygens (including phenoxy) is 1. The van der Waals surface area contributed by atoms with Gasteiger partial charge in [0.1, 0.15) is 12.4 Å². The Kier molecular flexibility index (Phi) is 6.62. The molecule has 24 heavy (non-hydrogen) atoms. The van der Waals surface area contributed by atoms with Gasteiger partial charge in [0.05, 0.1) is 30.7 Å². The van der Waals surface area contributed by atoms with Gasteiger partial charge in [-0.2, -0.15) is 5.26 Å². The van der Waals surface area contributed by atoms with E-state index < -0.39 is 6.10 Å². The van der Waals surface area contributed by atoms with E-state index in [-0.39, 0.29) is 12.3 Å². The number of amides is 1. The van der Waals surface area contributed by atoms with Gasteiger partial charge in [-0.25, -0.2) is 0 Å². The predicted octanol–water partition coefficient (Wildman–Crippen LogP) is 2.83. The number of benzene rings is 2. The summed E-state index contributed by atoms with van der Waals surface area (Å²) in [4.78, 5) is 11.8. The van der Waals surface area contributed by atoms with Crippen molar-refractivity contribution in [2.75, 3.05) is 13.2 Å². The lowest BCUT2D eigenvalue weighted by Gasteiger charge is -2.12. The molecule has 0 spiro atoms. The van der Waals surface area contributed by atoms with Crippen LogP contribution in [0, 0.1) is 11.3 Å². The fraction of sp³-hybridized carbons (Fsp3) is 0.222. The average molecular weight is 345 g/mol. The van der Waals surface area contributed by atoms with Gasteiger partial charge in [-0.15, -0.1) is 0 Å². The van der Waals surface area contributed by atoms with E-state index in [4.69, 9.17) is 21.6 Å². The van der Waals surface area contributed by atoms with Crippen molar-refractivity contribution in [1.29, 1.82) is 5.26 Å². The van der Waals surface area contributed by atoms with E-state index in [1.165, 1.54) is 0 Å². The minimum Gasteiger partial charge on any atom is -0.492 e. The molecule has 2 N–H and O–H groups in total. The molecule has 0 heterocycles. The second-order valence-electron chi connectivity index (χ2n) is 5.11. The maximum absolute atomic E-state index is 11.8. The summed E-state index contributed by atoms with van der Waals surface area (Å²) in [5, 5.41) is 22.0. The van der Waals surface area contributed by atoms with E-state index in [2.05, 4.69) is 5.32 Å². The number of hydrogen-bond donors (Lipinski definition) is 2. The highest BCUT2D eigenvalue weighted by Crippen LogP contribution is 2.18. The molecule has 2 aromatic carbocycles. The highest BCUT2D eigenvalue weighted by Gasteiger charge is 2.12. The second-order valence-corrected chi connectivity index (χ2v) is 5.54. The molecule has 0 aliphatic heterocycles. The summed E-state index contributed by atoms with van der Waals surface area (Å²) < 4.78 is 5.46. The number of aliphatic hydroxyl groups is 1. The van der Waals surface area contributed by atoms with Gasteiger partial charge in [-0.3, -0.25) is 4.79 Å². The van der Waals surface area contributed by atoms with E-state index in [0.29, 0.717) is 35.1 Å². The van der Waals surface area contributed by atoms with Crippen molar-refractivity contribution in [2.45, 2.75) is 12.5 Å². The van der Waals surface area contributed by atoms with Crippen LogP contribution in [0.2, 0.25) is 5.02 Å². The first kappa shape index (κ1) is 17.8. The van der Waals surface area contributed by atoms with Gasteiger partial charge in [0.15, 0.2) is 0 Å². The van der Waals surface area contributed by atoms with Gasteiger partial charge in [0.25, 0.3) is 0 Å². The summed E-state index contributed by atoms with van der Waals surface area (Å²) in [6.45, 7) is 0.626. The molecule has 2 rings (SSSR count). The van der Waals surface area contributed by atoms with Crippen molar-refractivity contribution >= 4 is 17.5 Å². The zero-order valence-electron chi connectivity index (χ0n) is 12.9. The van der Waals surface area contributed by atoms with Crippen molar-refractivity contribution < 1.29 is 14.6 Å². The number of hydrogen-bond acceptors (Lipinski definition) is 4. The molecule has 1 unspecified atom stereocenters. The zero-order valence-corrected chi connectivity index (χ0v) is 13.7. The number of carbonyl (C=O) groups is 1. The molecule has 1 atom stereocenters. The van der Waals surface area contributed by atoms with Crippen LogP contribution in [0.25, 0.3) is 0 Å². The first-order chi connectivity index (χ1) is 11.6. The third-order valence-electron chi connectivity index (χ3n) is 3.31. The number of halogens is 1. The van der Waals surface area contributed by atoms with E-state index in [1.807, 2.05) is 6.07 Å². The molecule has 0 saturated heterocycles. The van der Waals surface area contributed by atoms with Crippen LogP contribution < -0.4 is 10.1 Å². The molecule has 0 aliphatic carbocycles. The summed E-state index contributed by atoms with van der Waals surface area (Å²) in [5.41, 5.74) is 1.20. The summed E-state index contributed by atoms with van der Waals surface area (Å²) in [6.07, 6.45) is -0.903. The topological polar surface area (TPSA) is 82.3 Å². The summed E-state index contributed by atoms with van der Waals surface area (Å²) >= 11 is 5.78. The number of rotatable bonds is 7. The van der Waals surface area contributed by atoms with Gasteiger partial charge < -0.3 is 15.2 Å². The molecule has 6 heteroatoms. The highest BCUT2D eigenvalue weighted by atomic mass is 35.5. The lowest BCUT2D eigenvalue weighted by molar-refractivity contribution is -0.123. The Hall–Kier alpha value is -2.55. The Morgan fingerprint density at radius 2 is 1.88 bits per heavy atom. The summed E-state index contributed by atoms with van der Waals surface area (Å²) in [5.74, 6) is 0.366. The monoisotopic (exact) mass is 344 g/mol. The first-order valence-corrected chi connectivity index (χ1v) is 7.79.